The van der Waals surface area contributed by atoms with E-state index in [9.17, 15) is 9.18 Å². The predicted molar refractivity (Wildman–Crippen MR) is 108 cm³/mol. The third-order valence-corrected chi connectivity index (χ3v) is 6.41. The fraction of sp³-hybridized carbons (Fsp3) is 0.333. The Labute approximate surface area is 171 Å². The van der Waals surface area contributed by atoms with E-state index in [1.54, 1.807) is 23.1 Å². The van der Waals surface area contributed by atoms with Gasteiger partial charge in [0.1, 0.15) is 11.6 Å². The molecule has 4 rings (SSSR count). The molecule has 1 aromatic carbocycles. The van der Waals surface area contributed by atoms with Crippen LogP contribution in [-0.2, 0) is 13.0 Å². The van der Waals surface area contributed by atoms with E-state index in [2.05, 4.69) is 21.0 Å². The van der Waals surface area contributed by atoms with Crippen molar-refractivity contribution in [3.63, 3.8) is 0 Å². The topological polar surface area (TPSA) is 51.3 Å². The number of hydrogen-bond acceptors (Lipinski definition) is 3. The number of aryl methyl sites for hydroxylation is 2. The Bertz CT molecular complexity index is 1060. The van der Waals surface area contributed by atoms with Crippen LogP contribution >= 0.6 is 15.9 Å². The van der Waals surface area contributed by atoms with Crippen LogP contribution in [0.25, 0.3) is 0 Å². The minimum atomic E-state index is -0.281. The molecule has 1 aliphatic rings. The molecule has 0 fully saturated rings. The van der Waals surface area contributed by atoms with E-state index in [0.717, 1.165) is 40.0 Å². The van der Waals surface area contributed by atoms with Gasteiger partial charge in [0.15, 0.2) is 5.76 Å². The SMILES string of the molecule is Cc1nn(Cc2ccc(C(=O)N3c4ccc(F)cc4CC[C@@H]3C)o2)c(C)c1Br. The molecule has 1 aliphatic heterocycles. The highest BCUT2D eigenvalue weighted by Gasteiger charge is 2.31. The van der Waals surface area contributed by atoms with Crippen LogP contribution in [0.1, 0.15) is 46.6 Å². The first-order valence-corrected chi connectivity index (χ1v) is 10.0. The zero-order valence-corrected chi connectivity index (χ0v) is 17.6. The Kier molecular flexibility index (Phi) is 4.87. The van der Waals surface area contributed by atoms with Crippen molar-refractivity contribution in [3.05, 3.63) is 69.1 Å². The number of halogens is 2. The van der Waals surface area contributed by atoms with Crippen molar-refractivity contribution in [3.8, 4) is 0 Å². The number of nitrogens with zero attached hydrogens (tertiary/aromatic N) is 3. The fourth-order valence-electron chi connectivity index (χ4n) is 3.70. The molecule has 1 atom stereocenters. The molecular weight excluding hydrogens is 425 g/mol. The van der Waals surface area contributed by atoms with Crippen LogP contribution in [0.2, 0.25) is 0 Å². The largest absolute Gasteiger partial charge is 0.454 e. The summed E-state index contributed by atoms with van der Waals surface area (Å²) >= 11 is 3.52. The van der Waals surface area contributed by atoms with Crippen LogP contribution in [0.15, 0.2) is 39.2 Å². The molecule has 0 bridgehead atoms. The average Bonchev–Trinajstić information content (AvgIpc) is 3.22. The van der Waals surface area contributed by atoms with E-state index in [1.165, 1.54) is 12.1 Å². The lowest BCUT2D eigenvalue weighted by atomic mass is 9.96. The van der Waals surface area contributed by atoms with Gasteiger partial charge in [-0.2, -0.15) is 5.10 Å². The number of carbonyl (C=O) groups excluding carboxylic acids is 1. The summed E-state index contributed by atoms with van der Waals surface area (Å²) in [5, 5.41) is 4.48. The quantitative estimate of drug-likeness (QED) is 0.568. The van der Waals surface area contributed by atoms with E-state index in [0.29, 0.717) is 12.3 Å². The molecule has 146 valence electrons. The van der Waals surface area contributed by atoms with Crippen molar-refractivity contribution in [2.45, 2.75) is 46.2 Å². The summed E-state index contributed by atoms with van der Waals surface area (Å²) in [6, 6.07) is 8.10. The lowest BCUT2D eigenvalue weighted by Gasteiger charge is -2.34. The van der Waals surface area contributed by atoms with Crippen LogP contribution < -0.4 is 4.90 Å². The highest BCUT2D eigenvalue weighted by molar-refractivity contribution is 9.10. The van der Waals surface area contributed by atoms with Gasteiger partial charge in [-0.1, -0.05) is 0 Å². The number of anilines is 1. The lowest BCUT2D eigenvalue weighted by Crippen LogP contribution is -2.42. The highest BCUT2D eigenvalue weighted by atomic mass is 79.9. The molecule has 0 radical (unpaired) electrons. The summed E-state index contributed by atoms with van der Waals surface area (Å²) in [4.78, 5) is 14.9. The third kappa shape index (κ3) is 3.28. The van der Waals surface area contributed by atoms with Gasteiger partial charge in [-0.3, -0.25) is 9.48 Å². The van der Waals surface area contributed by atoms with Gasteiger partial charge < -0.3 is 9.32 Å². The van der Waals surface area contributed by atoms with E-state index < -0.39 is 0 Å². The van der Waals surface area contributed by atoms with E-state index in [4.69, 9.17) is 4.42 Å². The third-order valence-electron chi connectivity index (χ3n) is 5.26. The molecule has 5 nitrogen and oxygen atoms in total. The summed E-state index contributed by atoms with van der Waals surface area (Å²) in [5.41, 5.74) is 3.52. The van der Waals surface area contributed by atoms with Gasteiger partial charge in [0.25, 0.3) is 5.91 Å². The molecule has 0 aliphatic carbocycles. The number of fused-ring (bicyclic) bond motifs is 1. The maximum atomic E-state index is 13.6. The van der Waals surface area contributed by atoms with Gasteiger partial charge in [-0.25, -0.2) is 4.39 Å². The number of rotatable bonds is 3. The standard InChI is InChI=1S/C21H21BrFN3O2/c1-12-4-5-15-10-16(23)6-8-18(15)26(12)21(27)19-9-7-17(28-19)11-25-14(3)20(22)13(2)24-25/h6-10,12H,4-5,11H2,1-3H3/t12-/m0/s1. The van der Waals surface area contributed by atoms with Crippen LogP contribution in [0, 0.1) is 19.7 Å². The van der Waals surface area contributed by atoms with E-state index in [1.807, 2.05) is 25.5 Å². The normalized spacial score (nSPS) is 16.3. The van der Waals surface area contributed by atoms with Crippen LogP contribution in [0.3, 0.4) is 0 Å². The second-order valence-electron chi connectivity index (χ2n) is 7.24. The maximum absolute atomic E-state index is 13.6. The summed E-state index contributed by atoms with van der Waals surface area (Å²) < 4.78 is 22.2. The molecule has 3 heterocycles. The van der Waals surface area contributed by atoms with Crippen LogP contribution in [0.5, 0.6) is 0 Å². The van der Waals surface area contributed by atoms with Gasteiger partial charge in [-0.15, -0.1) is 0 Å². The van der Waals surface area contributed by atoms with E-state index >= 15 is 0 Å². The monoisotopic (exact) mass is 445 g/mol. The highest BCUT2D eigenvalue weighted by Crippen LogP contribution is 2.33. The van der Waals surface area contributed by atoms with E-state index in [-0.39, 0.29) is 23.5 Å². The number of carbonyl (C=O) groups is 1. The molecule has 0 N–H and O–H groups in total. The molecular formula is C21H21BrFN3O2. The van der Waals surface area contributed by atoms with Crippen molar-refractivity contribution in [1.29, 1.82) is 0 Å². The number of aromatic nitrogens is 2. The Morgan fingerprint density at radius 2 is 2.11 bits per heavy atom. The maximum Gasteiger partial charge on any atom is 0.294 e. The van der Waals surface area contributed by atoms with Crippen molar-refractivity contribution in [1.82, 2.24) is 9.78 Å². The Morgan fingerprint density at radius 3 is 2.82 bits per heavy atom. The molecule has 0 spiro atoms. The first-order chi connectivity index (χ1) is 13.3. The average molecular weight is 446 g/mol. The summed E-state index contributed by atoms with van der Waals surface area (Å²) in [7, 11) is 0. The first kappa shape index (κ1) is 18.9. The Hall–Kier alpha value is -2.41. The molecule has 2 aromatic heterocycles. The Balaban J connectivity index is 1.60. The van der Waals surface area contributed by atoms with Gasteiger partial charge in [0.2, 0.25) is 0 Å². The molecule has 0 saturated carbocycles. The smallest absolute Gasteiger partial charge is 0.294 e. The molecule has 3 aromatic rings. The molecule has 7 heteroatoms. The van der Waals surface area contributed by atoms with Crippen molar-refractivity contribution >= 4 is 27.5 Å². The van der Waals surface area contributed by atoms with Crippen molar-refractivity contribution in [2.75, 3.05) is 4.90 Å². The van der Waals surface area contributed by atoms with Crippen molar-refractivity contribution < 1.29 is 13.6 Å². The molecule has 0 unspecified atom stereocenters. The number of amides is 1. The van der Waals surface area contributed by atoms with Crippen LogP contribution in [-0.4, -0.2) is 21.7 Å². The van der Waals surface area contributed by atoms with Gasteiger partial charge >= 0.3 is 0 Å². The zero-order valence-electron chi connectivity index (χ0n) is 16.0. The van der Waals surface area contributed by atoms with Crippen LogP contribution in [0.4, 0.5) is 10.1 Å². The number of hydrogen-bond donors (Lipinski definition) is 0. The van der Waals surface area contributed by atoms with Crippen molar-refractivity contribution in [2.24, 2.45) is 0 Å². The molecule has 28 heavy (non-hydrogen) atoms. The first-order valence-electron chi connectivity index (χ1n) is 9.25. The minimum absolute atomic E-state index is 0.0194. The number of benzene rings is 1. The summed E-state index contributed by atoms with van der Waals surface area (Å²) in [6.45, 7) is 6.36. The molecule has 1 amide bonds. The van der Waals surface area contributed by atoms with Gasteiger partial charge in [0, 0.05) is 11.7 Å². The minimum Gasteiger partial charge on any atom is -0.454 e. The second kappa shape index (κ2) is 7.20. The number of furan rings is 1. The second-order valence-corrected chi connectivity index (χ2v) is 8.04. The lowest BCUT2D eigenvalue weighted by molar-refractivity contribution is 0.0946. The predicted octanol–water partition coefficient (Wildman–Crippen LogP) is 5.02. The fourth-order valence-corrected chi connectivity index (χ4v) is 3.99. The zero-order chi connectivity index (χ0) is 20.0. The van der Waals surface area contributed by atoms with Gasteiger partial charge in [0.05, 0.1) is 22.4 Å². The molecule has 0 saturated heterocycles. The summed E-state index contributed by atoms with van der Waals surface area (Å²) in [6.07, 6.45) is 1.55. The Morgan fingerprint density at radius 1 is 1.32 bits per heavy atom. The summed E-state index contributed by atoms with van der Waals surface area (Å²) in [5.74, 6) is 0.447. The van der Waals surface area contributed by atoms with Gasteiger partial charge in [-0.05, 0) is 85.4 Å².